The molecule has 0 heterocycles. The molecule has 24 heavy (non-hydrogen) atoms. The highest BCUT2D eigenvalue weighted by atomic mass is 79.9. The first-order chi connectivity index (χ1) is 11.5. The summed E-state index contributed by atoms with van der Waals surface area (Å²) in [6.07, 6.45) is 0. The lowest BCUT2D eigenvalue weighted by Gasteiger charge is -2.07. The lowest BCUT2D eigenvalue weighted by molar-refractivity contribution is -0.384. The molecule has 1 amide bonds. The minimum Gasteiger partial charge on any atom is -0.483 e. The molecule has 2 aromatic rings. The molecule has 0 fully saturated rings. The molecule has 1 N–H and O–H groups in total. The summed E-state index contributed by atoms with van der Waals surface area (Å²) in [5, 5.41) is 14.6. The predicted octanol–water partition coefficient (Wildman–Crippen LogP) is 3.28. The first-order valence-electron chi connectivity index (χ1n) is 6.92. The van der Waals surface area contributed by atoms with Crippen LogP contribution in [0.4, 0.5) is 5.69 Å². The van der Waals surface area contributed by atoms with Gasteiger partial charge in [0.15, 0.2) is 6.61 Å². The second-order valence-corrected chi connectivity index (χ2v) is 5.61. The third-order valence-corrected chi connectivity index (χ3v) is 3.69. The smallest absolute Gasteiger partial charge is 0.277 e. The molecule has 0 aliphatic rings. The molecule has 8 heteroatoms. The zero-order valence-corrected chi connectivity index (χ0v) is 14.3. The van der Waals surface area contributed by atoms with E-state index in [4.69, 9.17) is 4.74 Å². The molecule has 0 saturated heterocycles. The van der Waals surface area contributed by atoms with Crippen LogP contribution in [0.25, 0.3) is 0 Å². The van der Waals surface area contributed by atoms with E-state index >= 15 is 0 Å². The maximum Gasteiger partial charge on any atom is 0.277 e. The van der Waals surface area contributed by atoms with E-state index in [0.29, 0.717) is 17.0 Å². The van der Waals surface area contributed by atoms with E-state index in [0.717, 1.165) is 4.47 Å². The van der Waals surface area contributed by atoms with Crippen LogP contribution in [0.1, 0.15) is 12.5 Å². The van der Waals surface area contributed by atoms with Gasteiger partial charge in [-0.05, 0) is 52.7 Å². The lowest BCUT2D eigenvalue weighted by atomic mass is 10.1. The van der Waals surface area contributed by atoms with Crippen molar-refractivity contribution in [2.45, 2.75) is 6.92 Å². The number of hydrogen-bond acceptors (Lipinski definition) is 5. The van der Waals surface area contributed by atoms with Gasteiger partial charge in [-0.25, -0.2) is 5.43 Å². The van der Waals surface area contributed by atoms with E-state index in [1.54, 1.807) is 31.2 Å². The molecule has 0 aliphatic carbocycles. The summed E-state index contributed by atoms with van der Waals surface area (Å²) >= 11 is 3.32. The highest BCUT2D eigenvalue weighted by Crippen LogP contribution is 2.23. The Labute approximate surface area is 146 Å². The van der Waals surface area contributed by atoms with Gasteiger partial charge in [-0.15, -0.1) is 0 Å². The monoisotopic (exact) mass is 391 g/mol. The van der Waals surface area contributed by atoms with Crippen LogP contribution in [0.3, 0.4) is 0 Å². The highest BCUT2D eigenvalue weighted by molar-refractivity contribution is 9.10. The fourth-order valence-electron chi connectivity index (χ4n) is 1.77. The number of para-hydroxylation sites is 1. The molecule has 7 nitrogen and oxygen atoms in total. The fraction of sp³-hybridized carbons (Fsp3) is 0.125. The molecular weight excluding hydrogens is 378 g/mol. The SMILES string of the molecule is C/C(=N/NC(=O)COc1ccccc1Br)c1ccc([N+](=O)[O-])cc1. The van der Waals surface area contributed by atoms with Crippen molar-refractivity contribution in [3.05, 3.63) is 68.7 Å². The van der Waals surface area contributed by atoms with Gasteiger partial charge in [0.1, 0.15) is 5.75 Å². The van der Waals surface area contributed by atoms with Crippen molar-refractivity contribution in [3.63, 3.8) is 0 Å². The standard InChI is InChI=1S/C16H14BrN3O4/c1-11(12-6-8-13(9-7-12)20(22)23)18-19-16(21)10-24-15-5-3-2-4-14(15)17/h2-9H,10H2,1H3,(H,19,21)/b18-11-. The Morgan fingerprint density at radius 3 is 2.54 bits per heavy atom. The minimum absolute atomic E-state index is 0.00239. The van der Waals surface area contributed by atoms with Crippen molar-refractivity contribution in [2.75, 3.05) is 6.61 Å². The van der Waals surface area contributed by atoms with E-state index < -0.39 is 10.8 Å². The van der Waals surface area contributed by atoms with E-state index in [1.807, 2.05) is 12.1 Å². The van der Waals surface area contributed by atoms with Crippen molar-refractivity contribution < 1.29 is 14.5 Å². The summed E-state index contributed by atoms with van der Waals surface area (Å²) in [6.45, 7) is 1.51. The zero-order chi connectivity index (χ0) is 17.5. The fourth-order valence-corrected chi connectivity index (χ4v) is 2.17. The van der Waals surface area contributed by atoms with Crippen molar-refractivity contribution in [3.8, 4) is 5.75 Å². The van der Waals surface area contributed by atoms with Crippen molar-refractivity contribution >= 4 is 33.2 Å². The Balaban J connectivity index is 1.90. The third kappa shape index (κ3) is 4.88. The number of carbonyl (C=O) groups excluding carboxylic acids is 1. The summed E-state index contributed by atoms with van der Waals surface area (Å²) in [5.74, 6) is 0.149. The van der Waals surface area contributed by atoms with Crippen molar-refractivity contribution in [2.24, 2.45) is 5.10 Å². The molecule has 0 aliphatic heterocycles. The number of ether oxygens (including phenoxy) is 1. The quantitative estimate of drug-likeness (QED) is 0.464. The molecule has 2 aromatic carbocycles. The second-order valence-electron chi connectivity index (χ2n) is 4.76. The summed E-state index contributed by atoms with van der Waals surface area (Å²) in [7, 11) is 0. The molecule has 0 atom stereocenters. The summed E-state index contributed by atoms with van der Waals surface area (Å²) in [5.41, 5.74) is 3.58. The number of hydrogen-bond donors (Lipinski definition) is 1. The Morgan fingerprint density at radius 2 is 1.92 bits per heavy atom. The highest BCUT2D eigenvalue weighted by Gasteiger charge is 2.07. The van der Waals surface area contributed by atoms with Gasteiger partial charge in [0.2, 0.25) is 0 Å². The third-order valence-electron chi connectivity index (χ3n) is 3.04. The van der Waals surface area contributed by atoms with E-state index in [9.17, 15) is 14.9 Å². The maximum absolute atomic E-state index is 11.8. The zero-order valence-electron chi connectivity index (χ0n) is 12.7. The number of carbonyl (C=O) groups is 1. The Bertz CT molecular complexity index is 775. The second kappa shape index (κ2) is 8.21. The lowest BCUT2D eigenvalue weighted by Crippen LogP contribution is -2.25. The normalized spacial score (nSPS) is 11.0. The minimum atomic E-state index is -0.475. The average Bonchev–Trinajstić information content (AvgIpc) is 2.59. The molecule has 0 spiro atoms. The summed E-state index contributed by atoms with van der Waals surface area (Å²) < 4.78 is 6.13. The average molecular weight is 392 g/mol. The van der Waals surface area contributed by atoms with Gasteiger partial charge in [-0.2, -0.15) is 5.10 Å². The van der Waals surface area contributed by atoms with Crippen LogP contribution in [0.15, 0.2) is 58.1 Å². The number of nitro benzene ring substituents is 1. The van der Waals surface area contributed by atoms with Crippen LogP contribution < -0.4 is 10.2 Å². The Morgan fingerprint density at radius 1 is 1.25 bits per heavy atom. The van der Waals surface area contributed by atoms with E-state index in [1.165, 1.54) is 12.1 Å². The molecule has 0 unspecified atom stereocenters. The number of hydrazone groups is 1. The molecular formula is C16H14BrN3O4. The summed E-state index contributed by atoms with van der Waals surface area (Å²) in [4.78, 5) is 21.9. The van der Waals surface area contributed by atoms with Gasteiger partial charge in [0, 0.05) is 12.1 Å². The number of rotatable bonds is 6. The first kappa shape index (κ1) is 17.6. The maximum atomic E-state index is 11.8. The van der Waals surface area contributed by atoms with E-state index in [2.05, 4.69) is 26.5 Å². The molecule has 0 aromatic heterocycles. The van der Waals surface area contributed by atoms with Gasteiger partial charge in [0.25, 0.3) is 11.6 Å². The number of nitrogens with one attached hydrogen (secondary N) is 1. The molecule has 0 saturated carbocycles. The number of amides is 1. The number of nitro groups is 1. The van der Waals surface area contributed by atoms with Crippen molar-refractivity contribution in [1.29, 1.82) is 0 Å². The molecule has 0 bridgehead atoms. The van der Waals surface area contributed by atoms with Gasteiger partial charge < -0.3 is 4.74 Å². The Kier molecular flexibility index (Phi) is 6.02. The van der Waals surface area contributed by atoms with Crippen molar-refractivity contribution in [1.82, 2.24) is 5.43 Å². The van der Waals surface area contributed by atoms with Crippen LogP contribution in [0.5, 0.6) is 5.75 Å². The van der Waals surface area contributed by atoms with Gasteiger partial charge >= 0.3 is 0 Å². The largest absolute Gasteiger partial charge is 0.483 e. The van der Waals surface area contributed by atoms with E-state index in [-0.39, 0.29) is 12.3 Å². The molecule has 0 radical (unpaired) electrons. The van der Waals surface area contributed by atoms with Crippen LogP contribution in [-0.4, -0.2) is 23.1 Å². The van der Waals surface area contributed by atoms with Gasteiger partial charge in [0.05, 0.1) is 15.1 Å². The number of benzene rings is 2. The topological polar surface area (TPSA) is 93.8 Å². The van der Waals surface area contributed by atoms with Crippen LogP contribution in [0.2, 0.25) is 0 Å². The molecule has 124 valence electrons. The molecule has 2 rings (SSSR count). The van der Waals surface area contributed by atoms with Gasteiger partial charge in [-0.1, -0.05) is 12.1 Å². The van der Waals surface area contributed by atoms with Crippen LogP contribution in [0, 0.1) is 10.1 Å². The number of halogens is 1. The summed E-state index contributed by atoms with van der Waals surface area (Å²) in [6, 6.07) is 13.1. The predicted molar refractivity (Wildman–Crippen MR) is 93.1 cm³/mol. The first-order valence-corrected chi connectivity index (χ1v) is 7.72. The number of nitrogens with zero attached hydrogens (tertiary/aromatic N) is 2. The van der Waals surface area contributed by atoms with Crippen LogP contribution >= 0.6 is 15.9 Å². The number of non-ortho nitro benzene ring substituents is 1. The van der Waals surface area contributed by atoms with Crippen LogP contribution in [-0.2, 0) is 4.79 Å². The van der Waals surface area contributed by atoms with Gasteiger partial charge in [-0.3, -0.25) is 14.9 Å². The Hall–Kier alpha value is -2.74.